The van der Waals surface area contributed by atoms with Gasteiger partial charge in [-0.25, -0.2) is 4.98 Å². The van der Waals surface area contributed by atoms with Crippen LogP contribution in [-0.4, -0.2) is 16.0 Å². The van der Waals surface area contributed by atoms with Crippen LogP contribution in [0.2, 0.25) is 0 Å². The molecule has 20 heavy (non-hydrogen) atoms. The largest absolute Gasteiger partial charge is 0.508 e. The second kappa shape index (κ2) is 4.94. The Morgan fingerprint density at radius 1 is 1.20 bits per heavy atom. The van der Waals surface area contributed by atoms with E-state index in [2.05, 4.69) is 10.3 Å². The van der Waals surface area contributed by atoms with Gasteiger partial charge < -0.3 is 5.11 Å². The highest BCUT2D eigenvalue weighted by atomic mass is 32.1. The Kier molecular flexibility index (Phi) is 3.12. The van der Waals surface area contributed by atoms with Gasteiger partial charge in [-0.3, -0.25) is 10.1 Å². The lowest BCUT2D eigenvalue weighted by Gasteiger charge is -2.01. The molecule has 0 saturated heterocycles. The molecule has 3 aromatic rings. The first-order valence-electron chi connectivity index (χ1n) is 6.09. The highest BCUT2D eigenvalue weighted by molar-refractivity contribution is 7.22. The maximum Gasteiger partial charge on any atom is 0.257 e. The van der Waals surface area contributed by atoms with Crippen molar-refractivity contribution in [2.75, 3.05) is 5.32 Å². The first-order chi connectivity index (χ1) is 9.61. The van der Waals surface area contributed by atoms with E-state index >= 15 is 0 Å². The number of hydrogen-bond donors (Lipinski definition) is 2. The molecule has 1 amide bonds. The number of aryl methyl sites for hydroxylation is 1. The zero-order valence-electron chi connectivity index (χ0n) is 10.8. The number of nitrogens with one attached hydrogen (secondary N) is 1. The fourth-order valence-corrected chi connectivity index (χ4v) is 2.73. The summed E-state index contributed by atoms with van der Waals surface area (Å²) < 4.78 is 0.837. The Bertz CT molecular complexity index is 778. The number of thiazole rings is 1. The van der Waals surface area contributed by atoms with Crippen molar-refractivity contribution in [3.05, 3.63) is 53.6 Å². The molecule has 0 aliphatic carbocycles. The molecule has 100 valence electrons. The minimum atomic E-state index is -0.187. The highest BCUT2D eigenvalue weighted by Crippen LogP contribution is 2.28. The molecule has 3 rings (SSSR count). The molecule has 2 aromatic carbocycles. The van der Waals surface area contributed by atoms with Crippen molar-refractivity contribution in [2.24, 2.45) is 0 Å². The zero-order chi connectivity index (χ0) is 14.1. The Morgan fingerprint density at radius 2 is 1.95 bits per heavy atom. The fraction of sp³-hybridized carbons (Fsp3) is 0.0667. The summed E-state index contributed by atoms with van der Waals surface area (Å²) in [6, 6.07) is 12.3. The van der Waals surface area contributed by atoms with Crippen LogP contribution in [-0.2, 0) is 0 Å². The Labute approximate surface area is 119 Å². The quantitative estimate of drug-likeness (QED) is 0.756. The van der Waals surface area contributed by atoms with Gasteiger partial charge >= 0.3 is 0 Å². The van der Waals surface area contributed by atoms with Gasteiger partial charge in [0.2, 0.25) is 0 Å². The topological polar surface area (TPSA) is 62.2 Å². The summed E-state index contributed by atoms with van der Waals surface area (Å²) in [6.45, 7) is 1.97. The number of carbonyl (C=O) groups is 1. The molecule has 0 saturated carbocycles. The summed E-state index contributed by atoms with van der Waals surface area (Å²) in [7, 11) is 0. The molecular weight excluding hydrogens is 272 g/mol. The van der Waals surface area contributed by atoms with Gasteiger partial charge in [0.25, 0.3) is 5.91 Å². The minimum Gasteiger partial charge on any atom is -0.508 e. The number of benzene rings is 2. The predicted molar refractivity (Wildman–Crippen MR) is 80.4 cm³/mol. The maximum absolute atomic E-state index is 12.1. The first kappa shape index (κ1) is 12.6. The van der Waals surface area contributed by atoms with Crippen LogP contribution in [0.15, 0.2) is 42.5 Å². The number of nitrogens with zero attached hydrogens (tertiary/aromatic N) is 1. The molecule has 0 radical (unpaired) electrons. The van der Waals surface area contributed by atoms with Crippen molar-refractivity contribution in [3.63, 3.8) is 0 Å². The van der Waals surface area contributed by atoms with Gasteiger partial charge in [-0.1, -0.05) is 29.0 Å². The number of rotatable bonds is 2. The van der Waals surface area contributed by atoms with E-state index in [4.69, 9.17) is 0 Å². The third-order valence-corrected chi connectivity index (χ3v) is 3.84. The van der Waals surface area contributed by atoms with Crippen molar-refractivity contribution in [1.82, 2.24) is 4.98 Å². The second-order valence-corrected chi connectivity index (χ2v) is 5.52. The SMILES string of the molecule is Cc1ccc(C(=O)Nc2nc3ccc(O)cc3s2)cc1. The van der Waals surface area contributed by atoms with E-state index < -0.39 is 0 Å². The fourth-order valence-electron chi connectivity index (χ4n) is 1.84. The summed E-state index contributed by atoms with van der Waals surface area (Å²) in [5.41, 5.74) is 2.46. The van der Waals surface area contributed by atoms with Crippen molar-refractivity contribution < 1.29 is 9.90 Å². The second-order valence-electron chi connectivity index (χ2n) is 4.49. The summed E-state index contributed by atoms with van der Waals surface area (Å²) >= 11 is 1.33. The molecular formula is C15H12N2O2S. The van der Waals surface area contributed by atoms with E-state index in [1.807, 2.05) is 19.1 Å². The normalized spacial score (nSPS) is 10.7. The monoisotopic (exact) mass is 284 g/mol. The third-order valence-electron chi connectivity index (χ3n) is 2.91. The lowest BCUT2D eigenvalue weighted by molar-refractivity contribution is 0.102. The summed E-state index contributed by atoms with van der Waals surface area (Å²) in [5.74, 6) is 0.00541. The summed E-state index contributed by atoms with van der Waals surface area (Å²) in [4.78, 5) is 16.4. The van der Waals surface area contributed by atoms with Crippen LogP contribution >= 0.6 is 11.3 Å². The average molecular weight is 284 g/mol. The van der Waals surface area contributed by atoms with Crippen LogP contribution in [0.25, 0.3) is 10.2 Å². The third kappa shape index (κ3) is 2.48. The van der Waals surface area contributed by atoms with Gasteiger partial charge in [-0.05, 0) is 37.3 Å². The summed E-state index contributed by atoms with van der Waals surface area (Å²) in [6.07, 6.45) is 0. The standard InChI is InChI=1S/C15H12N2O2S/c1-9-2-4-10(5-3-9)14(19)17-15-16-12-7-6-11(18)8-13(12)20-15/h2-8,18H,1H3,(H,16,17,19). The number of amides is 1. The molecule has 0 fully saturated rings. The van der Waals surface area contributed by atoms with Crippen LogP contribution in [0, 0.1) is 6.92 Å². The lowest BCUT2D eigenvalue weighted by Crippen LogP contribution is -2.11. The number of aromatic hydroxyl groups is 1. The van der Waals surface area contributed by atoms with E-state index in [1.165, 1.54) is 11.3 Å². The number of phenolic OH excluding ortho intramolecular Hbond substituents is 1. The maximum atomic E-state index is 12.1. The lowest BCUT2D eigenvalue weighted by atomic mass is 10.1. The van der Waals surface area contributed by atoms with Gasteiger partial charge in [0.05, 0.1) is 10.2 Å². The van der Waals surface area contributed by atoms with E-state index in [0.717, 1.165) is 15.8 Å². The van der Waals surface area contributed by atoms with Crippen LogP contribution in [0.1, 0.15) is 15.9 Å². The smallest absolute Gasteiger partial charge is 0.257 e. The van der Waals surface area contributed by atoms with Crippen molar-refractivity contribution in [1.29, 1.82) is 0 Å². The number of hydrogen-bond acceptors (Lipinski definition) is 4. The predicted octanol–water partition coefficient (Wildman–Crippen LogP) is 3.56. The van der Waals surface area contributed by atoms with Crippen LogP contribution in [0.5, 0.6) is 5.75 Å². The average Bonchev–Trinajstić information content (AvgIpc) is 2.80. The molecule has 4 nitrogen and oxygen atoms in total. The molecule has 0 spiro atoms. The molecule has 1 aromatic heterocycles. The highest BCUT2D eigenvalue weighted by Gasteiger charge is 2.10. The Morgan fingerprint density at radius 3 is 2.70 bits per heavy atom. The molecule has 0 aliphatic heterocycles. The van der Waals surface area contributed by atoms with Gasteiger partial charge in [0.15, 0.2) is 5.13 Å². The van der Waals surface area contributed by atoms with E-state index in [9.17, 15) is 9.90 Å². The zero-order valence-corrected chi connectivity index (χ0v) is 11.6. The molecule has 0 bridgehead atoms. The Hall–Kier alpha value is -2.40. The number of aromatic nitrogens is 1. The Balaban J connectivity index is 1.85. The minimum absolute atomic E-state index is 0.187. The van der Waals surface area contributed by atoms with Gasteiger partial charge in [-0.2, -0.15) is 0 Å². The van der Waals surface area contributed by atoms with Crippen LogP contribution in [0.3, 0.4) is 0 Å². The van der Waals surface area contributed by atoms with E-state index in [1.54, 1.807) is 30.3 Å². The number of fused-ring (bicyclic) bond motifs is 1. The number of carbonyl (C=O) groups excluding carboxylic acids is 1. The van der Waals surface area contributed by atoms with Gasteiger partial charge in [0, 0.05) is 5.56 Å². The molecule has 0 aliphatic rings. The molecule has 0 unspecified atom stereocenters. The molecule has 1 heterocycles. The first-order valence-corrected chi connectivity index (χ1v) is 6.91. The number of anilines is 1. The van der Waals surface area contributed by atoms with E-state index in [0.29, 0.717) is 10.7 Å². The van der Waals surface area contributed by atoms with Crippen molar-refractivity contribution in [3.8, 4) is 5.75 Å². The van der Waals surface area contributed by atoms with Crippen molar-refractivity contribution in [2.45, 2.75) is 6.92 Å². The molecule has 5 heteroatoms. The number of phenols is 1. The van der Waals surface area contributed by atoms with Crippen LogP contribution in [0.4, 0.5) is 5.13 Å². The summed E-state index contributed by atoms with van der Waals surface area (Å²) in [5, 5.41) is 12.7. The van der Waals surface area contributed by atoms with Gasteiger partial charge in [-0.15, -0.1) is 0 Å². The van der Waals surface area contributed by atoms with Crippen LogP contribution < -0.4 is 5.32 Å². The van der Waals surface area contributed by atoms with Crippen molar-refractivity contribution >= 4 is 32.6 Å². The molecule has 0 atom stereocenters. The van der Waals surface area contributed by atoms with Gasteiger partial charge in [0.1, 0.15) is 5.75 Å². The molecule has 2 N–H and O–H groups in total. The van der Waals surface area contributed by atoms with E-state index in [-0.39, 0.29) is 11.7 Å².